The van der Waals surface area contributed by atoms with Gasteiger partial charge in [0.2, 0.25) is 5.91 Å². The Kier molecular flexibility index (Phi) is 44.2. The largest absolute Gasteiger partial charge is 0.394 e. The Hall–Kier alpha value is -1.47. The number of nitrogens with one attached hydrogen (secondary N) is 1. The van der Waals surface area contributed by atoms with E-state index in [1.165, 1.54) is 167 Å². The Morgan fingerprint density at radius 1 is 0.417 bits per heavy atom. The van der Waals surface area contributed by atoms with E-state index in [1.54, 1.807) is 0 Å². The molecule has 0 bridgehead atoms. The van der Waals surface area contributed by atoms with Crippen LogP contribution in [0.1, 0.15) is 264 Å². The monoisotopic (exact) mass is 1210 g/mol. The Morgan fingerprint density at radius 3 is 1.19 bits per heavy atom. The number of allylic oxidation sites excluding steroid dienone is 2. The lowest BCUT2D eigenvalue weighted by molar-refractivity contribution is -0.379. The molecule has 17 unspecified atom stereocenters. The van der Waals surface area contributed by atoms with E-state index in [2.05, 4.69) is 31.3 Å². The van der Waals surface area contributed by atoms with Crippen LogP contribution in [-0.4, -0.2) is 193 Å². The minimum atomic E-state index is -1.97. The maximum Gasteiger partial charge on any atom is 0.220 e. The highest BCUT2D eigenvalue weighted by molar-refractivity contribution is 5.76. The molecule has 0 aromatic rings. The standard InChI is InChI=1S/C65H123NO18/c1-3-5-7-9-11-13-15-16-17-18-19-20-21-22-23-24-25-26-27-28-29-30-31-33-34-36-38-40-42-49(70)48(66-53(71)43-41-39-37-35-32-14-12-10-8-6-4-2)47-79-63-59(77)56(74)61(51(45-68)81-63)84-65-60(78)57(75)62(52(46-69)82-65)83-64-58(76)55(73)54(72)50(44-67)80-64/h10,12,48-52,54-65,67-70,72-78H,3-9,11,13-47H2,1-2H3,(H,66,71)/b12-10-. The van der Waals surface area contributed by atoms with Crippen molar-refractivity contribution in [1.29, 1.82) is 0 Å². The molecule has 3 saturated heterocycles. The number of amides is 1. The van der Waals surface area contributed by atoms with Gasteiger partial charge in [-0.3, -0.25) is 4.79 Å². The smallest absolute Gasteiger partial charge is 0.220 e. The van der Waals surface area contributed by atoms with Crippen LogP contribution in [0.3, 0.4) is 0 Å². The molecule has 3 rings (SSSR count). The first-order valence-corrected chi connectivity index (χ1v) is 33.9. The average Bonchev–Trinajstić information content (AvgIpc) is 3.69. The summed E-state index contributed by atoms with van der Waals surface area (Å²) < 4.78 is 34.3. The first-order chi connectivity index (χ1) is 40.8. The summed E-state index contributed by atoms with van der Waals surface area (Å²) in [5.74, 6) is -0.251. The van der Waals surface area contributed by atoms with Gasteiger partial charge in [0.15, 0.2) is 18.9 Å². The first kappa shape index (κ1) is 76.8. The summed E-state index contributed by atoms with van der Waals surface area (Å²) >= 11 is 0. The third-order valence-corrected chi connectivity index (χ3v) is 17.3. The highest BCUT2D eigenvalue weighted by atomic mass is 16.8. The van der Waals surface area contributed by atoms with Gasteiger partial charge in [0, 0.05) is 6.42 Å². The third-order valence-electron chi connectivity index (χ3n) is 17.3. The predicted octanol–water partition coefficient (Wildman–Crippen LogP) is 8.11. The summed E-state index contributed by atoms with van der Waals surface area (Å²) in [5.41, 5.74) is 0. The Morgan fingerprint density at radius 2 is 0.762 bits per heavy atom. The number of rotatable bonds is 52. The molecule has 0 aromatic carbocycles. The number of aliphatic hydroxyl groups excluding tert-OH is 11. The zero-order chi connectivity index (χ0) is 61.2. The lowest BCUT2D eigenvalue weighted by atomic mass is 9.96. The highest BCUT2D eigenvalue weighted by Crippen LogP contribution is 2.33. The second kappa shape index (κ2) is 48.4. The second-order valence-electron chi connectivity index (χ2n) is 24.6. The molecule has 3 aliphatic heterocycles. The SMILES string of the molecule is CCCC/C=C\CCCCCCCC(=O)NC(COC1OC(CO)C(OC2OC(CO)C(OC3OC(CO)C(O)C(O)C3O)C(O)C2O)C(O)C1O)C(O)CCCCCCCCCCCCCCCCCCCCCCCCCCCCCC. The number of carbonyl (C=O) groups excluding carboxylic acids is 1. The van der Waals surface area contributed by atoms with E-state index >= 15 is 0 Å². The van der Waals surface area contributed by atoms with Gasteiger partial charge in [-0.15, -0.1) is 0 Å². The molecule has 1 amide bonds. The molecule has 84 heavy (non-hydrogen) atoms. The normalized spacial score (nSPS) is 29.2. The summed E-state index contributed by atoms with van der Waals surface area (Å²) in [5, 5.41) is 120. The maximum absolute atomic E-state index is 13.3. The van der Waals surface area contributed by atoms with Crippen LogP contribution >= 0.6 is 0 Å². The van der Waals surface area contributed by atoms with Gasteiger partial charge in [0.05, 0.1) is 38.6 Å². The van der Waals surface area contributed by atoms with Gasteiger partial charge in [0.25, 0.3) is 0 Å². The third kappa shape index (κ3) is 30.8. The van der Waals surface area contributed by atoms with E-state index in [4.69, 9.17) is 28.4 Å². The summed E-state index contributed by atoms with van der Waals surface area (Å²) in [6.45, 7) is 1.77. The fraction of sp³-hybridized carbons (Fsp3) is 0.954. The molecule has 3 aliphatic rings. The van der Waals surface area contributed by atoms with Crippen molar-refractivity contribution in [3.8, 4) is 0 Å². The molecule has 12 N–H and O–H groups in total. The van der Waals surface area contributed by atoms with Gasteiger partial charge < -0.3 is 89.9 Å². The molecule has 19 heteroatoms. The van der Waals surface area contributed by atoms with Crippen molar-refractivity contribution in [1.82, 2.24) is 5.32 Å². The summed E-state index contributed by atoms with van der Waals surface area (Å²) in [6, 6.07) is -0.888. The lowest BCUT2D eigenvalue weighted by Crippen LogP contribution is -2.66. The van der Waals surface area contributed by atoms with Crippen LogP contribution in [0, 0.1) is 0 Å². The molecule has 3 fully saturated rings. The van der Waals surface area contributed by atoms with Crippen LogP contribution in [-0.2, 0) is 33.2 Å². The number of unbranched alkanes of at least 4 members (excludes halogenated alkanes) is 34. The molecular formula is C65H123NO18. The van der Waals surface area contributed by atoms with Crippen molar-refractivity contribution in [2.24, 2.45) is 0 Å². The Bertz CT molecular complexity index is 1580. The van der Waals surface area contributed by atoms with Gasteiger partial charge in [-0.25, -0.2) is 0 Å². The molecule has 17 atom stereocenters. The van der Waals surface area contributed by atoms with E-state index in [-0.39, 0.29) is 18.9 Å². The minimum Gasteiger partial charge on any atom is -0.394 e. The molecule has 496 valence electrons. The van der Waals surface area contributed by atoms with E-state index in [1.807, 2.05) is 0 Å². The van der Waals surface area contributed by atoms with E-state index in [0.29, 0.717) is 12.8 Å². The highest BCUT2D eigenvalue weighted by Gasteiger charge is 2.53. The van der Waals surface area contributed by atoms with E-state index in [0.717, 1.165) is 64.2 Å². The second-order valence-corrected chi connectivity index (χ2v) is 24.6. The zero-order valence-electron chi connectivity index (χ0n) is 52.2. The van der Waals surface area contributed by atoms with E-state index in [9.17, 15) is 61.0 Å². The number of ether oxygens (including phenoxy) is 6. The Balaban J connectivity index is 1.38. The first-order valence-electron chi connectivity index (χ1n) is 33.9. The molecule has 0 aliphatic carbocycles. The fourth-order valence-electron chi connectivity index (χ4n) is 11.8. The number of carbonyl (C=O) groups is 1. The topological polar surface area (TPSA) is 307 Å². The van der Waals surface area contributed by atoms with Crippen LogP contribution in [0.5, 0.6) is 0 Å². The van der Waals surface area contributed by atoms with Crippen LogP contribution < -0.4 is 5.32 Å². The number of aliphatic hydroxyl groups is 11. The van der Waals surface area contributed by atoms with Gasteiger partial charge in [-0.1, -0.05) is 238 Å². The van der Waals surface area contributed by atoms with Crippen LogP contribution in [0.15, 0.2) is 12.2 Å². The van der Waals surface area contributed by atoms with Gasteiger partial charge in [-0.2, -0.15) is 0 Å². The van der Waals surface area contributed by atoms with Gasteiger partial charge in [-0.05, 0) is 32.1 Å². The molecule has 0 saturated carbocycles. The van der Waals surface area contributed by atoms with Crippen molar-refractivity contribution < 1.29 is 89.4 Å². The lowest BCUT2D eigenvalue weighted by Gasteiger charge is -2.48. The molecular weight excluding hydrogens is 1080 g/mol. The van der Waals surface area contributed by atoms with Crippen molar-refractivity contribution in [2.75, 3.05) is 26.4 Å². The van der Waals surface area contributed by atoms with Crippen molar-refractivity contribution in [2.45, 2.75) is 369 Å². The predicted molar refractivity (Wildman–Crippen MR) is 323 cm³/mol. The number of hydrogen-bond acceptors (Lipinski definition) is 18. The summed E-state index contributed by atoms with van der Waals surface area (Å²) in [4.78, 5) is 13.3. The van der Waals surface area contributed by atoms with Crippen molar-refractivity contribution in [3.63, 3.8) is 0 Å². The zero-order valence-corrected chi connectivity index (χ0v) is 52.2. The minimum absolute atomic E-state index is 0.251. The molecule has 19 nitrogen and oxygen atoms in total. The molecule has 3 heterocycles. The quantitative estimate of drug-likeness (QED) is 0.0202. The Labute approximate surface area is 506 Å². The van der Waals surface area contributed by atoms with Crippen LogP contribution in [0.4, 0.5) is 0 Å². The maximum atomic E-state index is 13.3. The van der Waals surface area contributed by atoms with Crippen LogP contribution in [0.2, 0.25) is 0 Å². The molecule has 0 radical (unpaired) electrons. The summed E-state index contributed by atoms with van der Waals surface area (Å²) in [6.07, 6.45) is 24.6. The van der Waals surface area contributed by atoms with Gasteiger partial charge >= 0.3 is 0 Å². The van der Waals surface area contributed by atoms with Crippen molar-refractivity contribution in [3.05, 3.63) is 12.2 Å². The molecule has 0 spiro atoms. The van der Waals surface area contributed by atoms with Crippen LogP contribution in [0.25, 0.3) is 0 Å². The van der Waals surface area contributed by atoms with Crippen molar-refractivity contribution >= 4 is 5.91 Å². The number of hydrogen-bond donors (Lipinski definition) is 12. The average molecular weight is 1210 g/mol. The summed E-state index contributed by atoms with van der Waals surface area (Å²) in [7, 11) is 0. The molecule has 0 aromatic heterocycles. The van der Waals surface area contributed by atoms with Gasteiger partial charge in [0.1, 0.15) is 73.2 Å². The fourth-order valence-corrected chi connectivity index (χ4v) is 11.8. The van der Waals surface area contributed by atoms with E-state index < -0.39 is 124 Å².